The highest BCUT2D eigenvalue weighted by molar-refractivity contribution is 9.10. The highest BCUT2D eigenvalue weighted by atomic mass is 79.9. The van der Waals surface area contributed by atoms with Crippen molar-refractivity contribution in [1.29, 1.82) is 0 Å². The van der Waals surface area contributed by atoms with E-state index in [0.29, 0.717) is 0 Å². The van der Waals surface area contributed by atoms with E-state index in [9.17, 15) is 18.0 Å². The lowest BCUT2D eigenvalue weighted by Gasteiger charge is -2.05. The third-order valence-electron chi connectivity index (χ3n) is 1.39. The number of aromatic carboxylic acids is 1. The maximum absolute atomic E-state index is 12.9. The van der Waals surface area contributed by atoms with Crippen LogP contribution < -0.4 is 0 Å². The number of hydrogen-bond donors (Lipinski definition) is 1. The fourth-order valence-electron chi connectivity index (χ4n) is 0.872. The van der Waals surface area contributed by atoms with Gasteiger partial charge in [-0.2, -0.15) is 0 Å². The summed E-state index contributed by atoms with van der Waals surface area (Å²) in [4.78, 5) is 13.6. The minimum Gasteiger partial charge on any atom is -0.478 e. The van der Waals surface area contributed by atoms with E-state index in [0.717, 1.165) is 6.07 Å². The second kappa shape index (κ2) is 3.95. The van der Waals surface area contributed by atoms with Crippen LogP contribution >= 0.6 is 15.9 Å². The number of halogens is 4. The zero-order chi connectivity index (χ0) is 10.9. The zero-order valence-electron chi connectivity index (χ0n) is 6.47. The molecular formula is C7H3BrF3NO2. The van der Waals surface area contributed by atoms with E-state index in [1.807, 2.05) is 0 Å². The Hall–Kier alpha value is -1.11. The smallest absolute Gasteiger partial charge is 0.340 e. The first kappa shape index (κ1) is 11.0. The summed E-state index contributed by atoms with van der Waals surface area (Å²) in [5.74, 6) is -3.01. The van der Waals surface area contributed by atoms with Crippen LogP contribution in [0.5, 0.6) is 0 Å². The van der Waals surface area contributed by atoms with Crippen molar-refractivity contribution in [2.45, 2.75) is 6.43 Å². The second-order valence-electron chi connectivity index (χ2n) is 2.29. The summed E-state index contributed by atoms with van der Waals surface area (Å²) in [6.07, 6.45) is -3.13. The molecule has 0 radical (unpaired) electrons. The maximum atomic E-state index is 12.9. The van der Waals surface area contributed by atoms with Gasteiger partial charge in [0.15, 0.2) is 0 Å². The van der Waals surface area contributed by atoms with Crippen LogP contribution in [0, 0.1) is 5.82 Å². The quantitative estimate of drug-likeness (QED) is 0.840. The number of hydrogen-bond acceptors (Lipinski definition) is 2. The number of carboxylic acids is 1. The standard InChI is InChI=1S/C7H3BrF3NO2/c8-3-1-2(9)4(7(13)14)5(12-3)6(10)11/h1,6H,(H,13,14). The molecule has 0 saturated heterocycles. The third-order valence-corrected chi connectivity index (χ3v) is 1.79. The van der Waals surface area contributed by atoms with Crippen molar-refractivity contribution in [2.75, 3.05) is 0 Å². The molecule has 1 aromatic rings. The largest absolute Gasteiger partial charge is 0.478 e. The first-order valence-electron chi connectivity index (χ1n) is 3.31. The maximum Gasteiger partial charge on any atom is 0.340 e. The molecule has 0 saturated carbocycles. The Balaban J connectivity index is 3.44. The van der Waals surface area contributed by atoms with Crippen LogP contribution in [0.1, 0.15) is 22.5 Å². The van der Waals surface area contributed by atoms with Gasteiger partial charge in [-0.15, -0.1) is 0 Å². The van der Waals surface area contributed by atoms with Crippen molar-refractivity contribution in [2.24, 2.45) is 0 Å². The highest BCUT2D eigenvalue weighted by Gasteiger charge is 2.24. The normalized spacial score (nSPS) is 10.6. The van der Waals surface area contributed by atoms with Crippen LogP contribution in [0.15, 0.2) is 10.7 Å². The van der Waals surface area contributed by atoms with E-state index < -0.39 is 29.5 Å². The van der Waals surface area contributed by atoms with E-state index in [-0.39, 0.29) is 4.60 Å². The number of carbonyl (C=O) groups is 1. The van der Waals surface area contributed by atoms with Gasteiger partial charge in [0, 0.05) is 6.07 Å². The average Bonchev–Trinajstić information content (AvgIpc) is 2.01. The van der Waals surface area contributed by atoms with E-state index in [4.69, 9.17) is 5.11 Å². The van der Waals surface area contributed by atoms with Crippen molar-refractivity contribution in [3.63, 3.8) is 0 Å². The summed E-state index contributed by atoms with van der Waals surface area (Å²) in [7, 11) is 0. The molecule has 1 N–H and O–H groups in total. The summed E-state index contributed by atoms with van der Waals surface area (Å²) in [5.41, 5.74) is -2.17. The Morgan fingerprint density at radius 2 is 2.14 bits per heavy atom. The van der Waals surface area contributed by atoms with Gasteiger partial charge in [0.2, 0.25) is 0 Å². The molecule has 1 rings (SSSR count). The molecule has 0 aliphatic rings. The molecule has 0 unspecified atom stereocenters. The number of nitrogens with zero attached hydrogens (tertiary/aromatic N) is 1. The monoisotopic (exact) mass is 269 g/mol. The van der Waals surface area contributed by atoms with Gasteiger partial charge in [-0.05, 0) is 15.9 Å². The molecule has 0 atom stereocenters. The fourth-order valence-corrected chi connectivity index (χ4v) is 1.26. The molecule has 14 heavy (non-hydrogen) atoms. The first-order chi connectivity index (χ1) is 6.43. The van der Waals surface area contributed by atoms with Gasteiger partial charge >= 0.3 is 5.97 Å². The summed E-state index contributed by atoms with van der Waals surface area (Å²) < 4.78 is 37.2. The van der Waals surface area contributed by atoms with Gasteiger partial charge in [0.1, 0.15) is 21.7 Å². The predicted octanol–water partition coefficient (Wildman–Crippen LogP) is 2.62. The van der Waals surface area contributed by atoms with E-state index >= 15 is 0 Å². The minimum atomic E-state index is -3.13. The number of pyridine rings is 1. The van der Waals surface area contributed by atoms with Crippen molar-refractivity contribution >= 4 is 21.9 Å². The van der Waals surface area contributed by atoms with Gasteiger partial charge < -0.3 is 5.11 Å². The van der Waals surface area contributed by atoms with Gasteiger partial charge in [-0.1, -0.05) is 0 Å². The zero-order valence-corrected chi connectivity index (χ0v) is 8.06. The van der Waals surface area contributed by atoms with Crippen LogP contribution in [-0.2, 0) is 0 Å². The molecule has 7 heteroatoms. The summed E-state index contributed by atoms with van der Waals surface area (Å²) in [6, 6.07) is 0.718. The Morgan fingerprint density at radius 1 is 1.57 bits per heavy atom. The molecule has 0 fully saturated rings. The van der Waals surface area contributed by atoms with E-state index in [2.05, 4.69) is 20.9 Å². The first-order valence-corrected chi connectivity index (χ1v) is 4.10. The number of alkyl halides is 2. The Bertz CT molecular complexity index is 383. The predicted molar refractivity (Wildman–Crippen MR) is 43.8 cm³/mol. The van der Waals surface area contributed by atoms with Crippen LogP contribution in [0.2, 0.25) is 0 Å². The summed E-state index contributed by atoms with van der Waals surface area (Å²) in [6.45, 7) is 0. The lowest BCUT2D eigenvalue weighted by Crippen LogP contribution is -2.09. The molecule has 0 aliphatic carbocycles. The molecule has 76 valence electrons. The minimum absolute atomic E-state index is 0.171. The molecule has 0 bridgehead atoms. The average molecular weight is 270 g/mol. The number of aromatic nitrogens is 1. The Morgan fingerprint density at radius 3 is 2.57 bits per heavy atom. The molecule has 0 amide bonds. The second-order valence-corrected chi connectivity index (χ2v) is 3.11. The lowest BCUT2D eigenvalue weighted by molar-refractivity contribution is 0.0676. The fraction of sp³-hybridized carbons (Fsp3) is 0.143. The molecule has 1 aromatic heterocycles. The van der Waals surface area contributed by atoms with E-state index in [1.54, 1.807) is 0 Å². The summed E-state index contributed by atoms with van der Waals surface area (Å²) >= 11 is 2.69. The van der Waals surface area contributed by atoms with Crippen LogP contribution in [-0.4, -0.2) is 16.1 Å². The van der Waals surface area contributed by atoms with E-state index in [1.165, 1.54) is 0 Å². The van der Waals surface area contributed by atoms with Gasteiger partial charge in [0.05, 0.1) is 0 Å². The third kappa shape index (κ3) is 2.03. The molecule has 0 spiro atoms. The number of rotatable bonds is 2. The van der Waals surface area contributed by atoms with Crippen LogP contribution in [0.3, 0.4) is 0 Å². The van der Waals surface area contributed by atoms with Crippen molar-refractivity contribution in [3.8, 4) is 0 Å². The topological polar surface area (TPSA) is 50.2 Å². The lowest BCUT2D eigenvalue weighted by atomic mass is 10.2. The summed E-state index contributed by atoms with van der Waals surface area (Å²) in [5, 5.41) is 8.46. The molecule has 0 aliphatic heterocycles. The van der Waals surface area contributed by atoms with Gasteiger partial charge in [0.25, 0.3) is 6.43 Å². The van der Waals surface area contributed by atoms with Crippen LogP contribution in [0.25, 0.3) is 0 Å². The Labute approximate surface area is 84.7 Å². The van der Waals surface area contributed by atoms with Crippen molar-refractivity contribution in [3.05, 3.63) is 27.7 Å². The van der Waals surface area contributed by atoms with Crippen molar-refractivity contribution < 1.29 is 23.1 Å². The highest BCUT2D eigenvalue weighted by Crippen LogP contribution is 2.25. The SMILES string of the molecule is O=C(O)c1c(F)cc(Br)nc1C(F)F. The molecule has 1 heterocycles. The number of carboxylic acid groups (broad SMARTS) is 1. The van der Waals surface area contributed by atoms with Crippen molar-refractivity contribution in [1.82, 2.24) is 4.98 Å². The molecular weight excluding hydrogens is 267 g/mol. The Kier molecular flexibility index (Phi) is 3.10. The molecule has 3 nitrogen and oxygen atoms in total. The molecule has 0 aromatic carbocycles. The van der Waals surface area contributed by atoms with Gasteiger partial charge in [-0.3, -0.25) is 0 Å². The van der Waals surface area contributed by atoms with Gasteiger partial charge in [-0.25, -0.2) is 22.9 Å². The van der Waals surface area contributed by atoms with Crippen LogP contribution in [0.4, 0.5) is 13.2 Å².